The Labute approximate surface area is 111 Å². The standard InChI is InChI=1S/C12H14N2OS.ClH/c1-2-11(15-5-1)12-14-10(8-16-12)7-13-6-9-3-4-9;/h1-2,5,8-9,13H,3-4,6-7H2;1H. The molecule has 0 amide bonds. The Morgan fingerprint density at radius 3 is 3.06 bits per heavy atom. The zero-order valence-electron chi connectivity index (χ0n) is 9.39. The Kier molecular flexibility index (Phi) is 4.20. The number of rotatable bonds is 5. The van der Waals surface area contributed by atoms with Gasteiger partial charge in [0.25, 0.3) is 0 Å². The van der Waals surface area contributed by atoms with Crippen molar-refractivity contribution in [1.82, 2.24) is 10.3 Å². The van der Waals surface area contributed by atoms with Crippen LogP contribution in [0.5, 0.6) is 0 Å². The van der Waals surface area contributed by atoms with Gasteiger partial charge in [-0.2, -0.15) is 0 Å². The number of nitrogens with one attached hydrogen (secondary N) is 1. The van der Waals surface area contributed by atoms with E-state index in [9.17, 15) is 0 Å². The van der Waals surface area contributed by atoms with Crippen LogP contribution in [0, 0.1) is 5.92 Å². The minimum Gasteiger partial charge on any atom is -0.462 e. The smallest absolute Gasteiger partial charge is 0.162 e. The summed E-state index contributed by atoms with van der Waals surface area (Å²) in [5, 5.41) is 6.50. The molecule has 1 aliphatic carbocycles. The maximum Gasteiger partial charge on any atom is 0.162 e. The molecule has 3 rings (SSSR count). The summed E-state index contributed by atoms with van der Waals surface area (Å²) in [6.45, 7) is 2.00. The van der Waals surface area contributed by atoms with Crippen molar-refractivity contribution in [2.45, 2.75) is 19.4 Å². The van der Waals surface area contributed by atoms with Crippen LogP contribution in [0.1, 0.15) is 18.5 Å². The Hall–Kier alpha value is -0.840. The molecule has 2 aromatic rings. The third-order valence-electron chi connectivity index (χ3n) is 2.72. The molecule has 0 bridgehead atoms. The van der Waals surface area contributed by atoms with Crippen LogP contribution in [-0.2, 0) is 6.54 Å². The van der Waals surface area contributed by atoms with E-state index in [0.29, 0.717) is 0 Å². The molecule has 0 spiro atoms. The normalized spacial score (nSPS) is 14.6. The predicted octanol–water partition coefficient (Wildman–Crippen LogP) is 3.32. The van der Waals surface area contributed by atoms with Crippen LogP contribution in [0.25, 0.3) is 10.8 Å². The Bertz CT molecular complexity index is 451. The molecule has 3 nitrogen and oxygen atoms in total. The second-order valence-corrected chi connectivity index (χ2v) is 5.05. The summed E-state index contributed by atoms with van der Waals surface area (Å²) in [6.07, 6.45) is 4.46. The van der Waals surface area contributed by atoms with E-state index in [1.54, 1.807) is 17.6 Å². The molecule has 1 aliphatic rings. The molecule has 17 heavy (non-hydrogen) atoms. The van der Waals surface area contributed by atoms with Crippen LogP contribution in [0.2, 0.25) is 0 Å². The van der Waals surface area contributed by atoms with Gasteiger partial charge >= 0.3 is 0 Å². The molecule has 0 atom stereocenters. The first-order chi connectivity index (χ1) is 7.92. The lowest BCUT2D eigenvalue weighted by Gasteiger charge is -1.99. The van der Waals surface area contributed by atoms with Crippen LogP contribution < -0.4 is 5.32 Å². The minimum absolute atomic E-state index is 0. The number of hydrogen-bond donors (Lipinski definition) is 1. The highest BCUT2D eigenvalue weighted by atomic mass is 35.5. The number of thiazole rings is 1. The third kappa shape index (κ3) is 3.31. The largest absolute Gasteiger partial charge is 0.462 e. The maximum absolute atomic E-state index is 5.31. The van der Waals surface area contributed by atoms with Gasteiger partial charge in [0.15, 0.2) is 10.8 Å². The molecule has 0 aliphatic heterocycles. The van der Waals surface area contributed by atoms with Crippen LogP contribution in [0.15, 0.2) is 28.2 Å². The SMILES string of the molecule is Cl.c1coc(-c2nc(CNCC3CC3)cs2)c1. The summed E-state index contributed by atoms with van der Waals surface area (Å²) in [7, 11) is 0. The molecule has 1 fully saturated rings. The summed E-state index contributed by atoms with van der Waals surface area (Å²) in [4.78, 5) is 4.53. The zero-order valence-corrected chi connectivity index (χ0v) is 11.0. The average Bonchev–Trinajstić information content (AvgIpc) is 2.83. The highest BCUT2D eigenvalue weighted by molar-refractivity contribution is 7.13. The molecule has 2 aromatic heterocycles. The summed E-state index contributed by atoms with van der Waals surface area (Å²) in [5.74, 6) is 1.78. The van der Waals surface area contributed by atoms with Crippen molar-refractivity contribution in [1.29, 1.82) is 0 Å². The van der Waals surface area contributed by atoms with Crippen LogP contribution >= 0.6 is 23.7 Å². The molecule has 0 aromatic carbocycles. The van der Waals surface area contributed by atoms with Gasteiger partial charge in [0.1, 0.15) is 0 Å². The second-order valence-electron chi connectivity index (χ2n) is 4.20. The summed E-state index contributed by atoms with van der Waals surface area (Å²) in [5.41, 5.74) is 1.11. The van der Waals surface area contributed by atoms with Gasteiger partial charge in [0.05, 0.1) is 12.0 Å². The monoisotopic (exact) mass is 270 g/mol. The van der Waals surface area contributed by atoms with Gasteiger partial charge < -0.3 is 9.73 Å². The first-order valence-electron chi connectivity index (χ1n) is 5.61. The fourth-order valence-electron chi connectivity index (χ4n) is 1.63. The fourth-order valence-corrected chi connectivity index (χ4v) is 2.41. The Balaban J connectivity index is 0.00000108. The molecule has 2 heterocycles. The molecule has 0 saturated heterocycles. The number of furan rings is 1. The van der Waals surface area contributed by atoms with Crippen molar-refractivity contribution < 1.29 is 4.42 Å². The van der Waals surface area contributed by atoms with Crippen molar-refractivity contribution >= 4 is 23.7 Å². The van der Waals surface area contributed by atoms with Gasteiger partial charge in [-0.3, -0.25) is 0 Å². The molecular weight excluding hydrogens is 256 g/mol. The highest BCUT2D eigenvalue weighted by Gasteiger charge is 2.20. The predicted molar refractivity (Wildman–Crippen MR) is 71.5 cm³/mol. The van der Waals surface area contributed by atoms with E-state index >= 15 is 0 Å². The van der Waals surface area contributed by atoms with Gasteiger partial charge in [-0.05, 0) is 37.4 Å². The quantitative estimate of drug-likeness (QED) is 0.906. The lowest BCUT2D eigenvalue weighted by atomic mass is 10.4. The van der Waals surface area contributed by atoms with E-state index in [4.69, 9.17) is 4.42 Å². The molecule has 0 unspecified atom stereocenters. The maximum atomic E-state index is 5.31. The summed E-state index contributed by atoms with van der Waals surface area (Å²) >= 11 is 1.64. The second kappa shape index (κ2) is 5.67. The fraction of sp³-hybridized carbons (Fsp3) is 0.417. The van der Waals surface area contributed by atoms with E-state index in [-0.39, 0.29) is 12.4 Å². The van der Waals surface area contributed by atoms with Gasteiger partial charge in [-0.25, -0.2) is 4.98 Å². The molecule has 92 valence electrons. The first-order valence-corrected chi connectivity index (χ1v) is 6.49. The number of halogens is 1. The highest BCUT2D eigenvalue weighted by Crippen LogP contribution is 2.28. The lowest BCUT2D eigenvalue weighted by Crippen LogP contribution is -2.16. The molecule has 1 N–H and O–H groups in total. The van der Waals surface area contributed by atoms with E-state index < -0.39 is 0 Å². The van der Waals surface area contributed by atoms with Gasteiger partial charge in [-0.15, -0.1) is 23.7 Å². The van der Waals surface area contributed by atoms with Gasteiger partial charge in [0, 0.05) is 11.9 Å². The van der Waals surface area contributed by atoms with Gasteiger partial charge in [0.2, 0.25) is 0 Å². The van der Waals surface area contributed by atoms with Crippen LogP contribution in [-0.4, -0.2) is 11.5 Å². The number of aromatic nitrogens is 1. The minimum atomic E-state index is 0. The molecule has 0 radical (unpaired) electrons. The van der Waals surface area contributed by atoms with E-state index in [1.807, 2.05) is 12.1 Å². The van der Waals surface area contributed by atoms with E-state index in [1.165, 1.54) is 12.8 Å². The average molecular weight is 271 g/mol. The summed E-state index contributed by atoms with van der Waals surface area (Å²) in [6, 6.07) is 3.84. The third-order valence-corrected chi connectivity index (χ3v) is 3.63. The van der Waals surface area contributed by atoms with Crippen molar-refractivity contribution in [3.63, 3.8) is 0 Å². The number of hydrogen-bond acceptors (Lipinski definition) is 4. The zero-order chi connectivity index (χ0) is 10.8. The topological polar surface area (TPSA) is 38.1 Å². The summed E-state index contributed by atoms with van der Waals surface area (Å²) < 4.78 is 5.31. The van der Waals surface area contributed by atoms with Crippen LogP contribution in [0.4, 0.5) is 0 Å². The van der Waals surface area contributed by atoms with Crippen LogP contribution in [0.3, 0.4) is 0 Å². The number of nitrogens with zero attached hydrogens (tertiary/aromatic N) is 1. The van der Waals surface area contributed by atoms with Crippen molar-refractivity contribution in [3.8, 4) is 10.8 Å². The Morgan fingerprint density at radius 1 is 1.47 bits per heavy atom. The Morgan fingerprint density at radius 2 is 2.35 bits per heavy atom. The molecule has 5 heteroatoms. The van der Waals surface area contributed by atoms with E-state index in [0.717, 1.165) is 35.5 Å². The van der Waals surface area contributed by atoms with Gasteiger partial charge in [-0.1, -0.05) is 0 Å². The molecule has 1 saturated carbocycles. The van der Waals surface area contributed by atoms with E-state index in [2.05, 4.69) is 15.7 Å². The lowest BCUT2D eigenvalue weighted by molar-refractivity contribution is 0.581. The van der Waals surface area contributed by atoms with Crippen molar-refractivity contribution in [3.05, 3.63) is 29.5 Å². The molecular formula is C12H15ClN2OS. The van der Waals surface area contributed by atoms with Crippen molar-refractivity contribution in [2.75, 3.05) is 6.54 Å². The van der Waals surface area contributed by atoms with Crippen molar-refractivity contribution in [2.24, 2.45) is 5.92 Å². The first kappa shape index (κ1) is 12.6.